The molecule has 1 aromatic carbocycles. The largest absolute Gasteiger partial charge is 0.493 e. The smallest absolute Gasteiger partial charge is 0.263 e. The molecular formula is C19H21N5O2. The third-order valence-electron chi connectivity index (χ3n) is 4.57. The summed E-state index contributed by atoms with van der Waals surface area (Å²) in [4.78, 5) is 17.6. The van der Waals surface area contributed by atoms with Crippen LogP contribution >= 0.6 is 0 Å². The van der Waals surface area contributed by atoms with Crippen molar-refractivity contribution in [3.05, 3.63) is 58.0 Å². The van der Waals surface area contributed by atoms with Crippen molar-refractivity contribution in [1.29, 1.82) is 0 Å². The first-order chi connectivity index (χ1) is 12.7. The molecule has 0 saturated heterocycles. The third-order valence-corrected chi connectivity index (χ3v) is 4.57. The van der Waals surface area contributed by atoms with Crippen molar-refractivity contribution in [2.75, 3.05) is 24.4 Å². The van der Waals surface area contributed by atoms with Crippen LogP contribution in [0.15, 0.2) is 41.3 Å². The van der Waals surface area contributed by atoms with Gasteiger partial charge in [-0.05, 0) is 42.3 Å². The molecule has 134 valence electrons. The number of aromatic nitrogens is 2. The summed E-state index contributed by atoms with van der Waals surface area (Å²) in [6, 6.07) is 9.68. The van der Waals surface area contributed by atoms with Gasteiger partial charge in [0.2, 0.25) is 0 Å². The second-order valence-electron chi connectivity index (χ2n) is 6.15. The van der Waals surface area contributed by atoms with Crippen molar-refractivity contribution >= 4 is 22.8 Å². The predicted molar refractivity (Wildman–Crippen MR) is 102 cm³/mol. The van der Waals surface area contributed by atoms with Crippen LogP contribution in [-0.2, 0) is 13.0 Å². The average Bonchev–Trinajstić information content (AvgIpc) is 2.68. The van der Waals surface area contributed by atoms with E-state index < -0.39 is 0 Å². The van der Waals surface area contributed by atoms with Gasteiger partial charge in [0.05, 0.1) is 19.3 Å². The summed E-state index contributed by atoms with van der Waals surface area (Å²) in [6.07, 6.45) is 2.30. The van der Waals surface area contributed by atoms with Crippen LogP contribution < -0.4 is 26.2 Å². The lowest BCUT2D eigenvalue weighted by Crippen LogP contribution is -2.27. The molecule has 0 aliphatic carbocycles. The first kappa shape index (κ1) is 16.4. The van der Waals surface area contributed by atoms with Crippen LogP contribution in [0, 0.1) is 0 Å². The predicted octanol–water partition coefficient (Wildman–Crippen LogP) is 2.48. The fraction of sp³-hybridized carbons (Fsp3) is 0.263. The standard InChI is InChI=1S/C19H21N5O2/c1-3-14-17(22-13-6-7-15-12(9-13)10-20-11-21-15)23-18-16(26-2)5-4-8-24(18)19(14)25/h4-9,20-22H,3,10-11H2,1-2H3. The lowest BCUT2D eigenvalue weighted by atomic mass is 10.1. The lowest BCUT2D eigenvalue weighted by molar-refractivity contribution is 0.416. The van der Waals surface area contributed by atoms with Gasteiger partial charge in [-0.2, -0.15) is 0 Å². The molecule has 1 aliphatic heterocycles. The number of hydrogen-bond acceptors (Lipinski definition) is 6. The van der Waals surface area contributed by atoms with E-state index in [-0.39, 0.29) is 5.56 Å². The zero-order valence-electron chi connectivity index (χ0n) is 14.8. The number of pyridine rings is 1. The second-order valence-corrected chi connectivity index (χ2v) is 6.15. The third kappa shape index (κ3) is 2.76. The van der Waals surface area contributed by atoms with Crippen LogP contribution in [0.2, 0.25) is 0 Å². The van der Waals surface area contributed by atoms with Crippen molar-refractivity contribution < 1.29 is 4.74 Å². The van der Waals surface area contributed by atoms with E-state index in [1.807, 2.05) is 19.1 Å². The van der Waals surface area contributed by atoms with E-state index in [1.165, 1.54) is 9.96 Å². The Morgan fingerprint density at radius 1 is 1.35 bits per heavy atom. The number of fused-ring (bicyclic) bond motifs is 2. The van der Waals surface area contributed by atoms with Crippen LogP contribution in [0.3, 0.4) is 0 Å². The normalized spacial score (nSPS) is 13.2. The molecule has 3 N–H and O–H groups in total. The molecule has 7 nitrogen and oxygen atoms in total. The van der Waals surface area contributed by atoms with E-state index in [4.69, 9.17) is 4.74 Å². The van der Waals surface area contributed by atoms with Gasteiger partial charge in [-0.25, -0.2) is 4.98 Å². The maximum Gasteiger partial charge on any atom is 0.263 e. The first-order valence-corrected chi connectivity index (χ1v) is 8.64. The molecule has 2 aromatic heterocycles. The van der Waals surface area contributed by atoms with E-state index in [0.29, 0.717) is 29.2 Å². The summed E-state index contributed by atoms with van der Waals surface area (Å²) in [6.45, 7) is 3.53. The number of methoxy groups -OCH3 is 1. The van der Waals surface area contributed by atoms with Gasteiger partial charge in [0, 0.05) is 24.1 Å². The van der Waals surface area contributed by atoms with E-state index in [9.17, 15) is 4.79 Å². The number of anilines is 3. The van der Waals surface area contributed by atoms with Gasteiger partial charge in [-0.1, -0.05) is 6.92 Å². The number of benzene rings is 1. The summed E-state index contributed by atoms with van der Waals surface area (Å²) in [5.41, 5.74) is 4.26. The number of rotatable bonds is 4. The summed E-state index contributed by atoms with van der Waals surface area (Å²) in [5.74, 6) is 1.13. The number of nitrogens with zero attached hydrogens (tertiary/aromatic N) is 2. The number of hydrogen-bond donors (Lipinski definition) is 3. The Kier molecular flexibility index (Phi) is 4.22. The Balaban J connectivity index is 1.82. The van der Waals surface area contributed by atoms with Gasteiger partial charge in [0.1, 0.15) is 5.82 Å². The summed E-state index contributed by atoms with van der Waals surface area (Å²) in [5, 5.41) is 9.90. The molecule has 0 fully saturated rings. The second kappa shape index (κ2) is 6.68. The van der Waals surface area contributed by atoms with Crippen LogP contribution in [0.1, 0.15) is 18.1 Å². The van der Waals surface area contributed by atoms with E-state index in [2.05, 4.69) is 27.0 Å². The van der Waals surface area contributed by atoms with E-state index >= 15 is 0 Å². The van der Waals surface area contributed by atoms with Crippen molar-refractivity contribution in [3.63, 3.8) is 0 Å². The van der Waals surface area contributed by atoms with Crippen LogP contribution in [0.25, 0.3) is 5.65 Å². The monoisotopic (exact) mass is 351 g/mol. The summed E-state index contributed by atoms with van der Waals surface area (Å²) in [7, 11) is 1.58. The fourth-order valence-corrected chi connectivity index (χ4v) is 3.24. The molecule has 26 heavy (non-hydrogen) atoms. The molecule has 4 rings (SSSR count). The quantitative estimate of drug-likeness (QED) is 0.670. The van der Waals surface area contributed by atoms with Gasteiger partial charge in [-0.3, -0.25) is 14.5 Å². The minimum atomic E-state index is -0.0832. The van der Waals surface area contributed by atoms with Crippen LogP contribution in [0.4, 0.5) is 17.2 Å². The maximum absolute atomic E-state index is 12.9. The molecule has 0 bridgehead atoms. The fourth-order valence-electron chi connectivity index (χ4n) is 3.24. The highest BCUT2D eigenvalue weighted by Crippen LogP contribution is 2.26. The maximum atomic E-state index is 12.9. The zero-order valence-corrected chi connectivity index (χ0v) is 14.8. The Hall–Kier alpha value is -3.06. The SMILES string of the molecule is CCc1c(Nc2ccc3c(c2)CNCN3)nc2c(OC)cccn2c1=O. The van der Waals surface area contributed by atoms with Crippen LogP contribution in [-0.4, -0.2) is 23.2 Å². The number of ether oxygens (including phenoxy) is 1. The lowest BCUT2D eigenvalue weighted by Gasteiger charge is -2.20. The van der Waals surface area contributed by atoms with Gasteiger partial charge < -0.3 is 15.4 Å². The minimum Gasteiger partial charge on any atom is -0.493 e. The van der Waals surface area contributed by atoms with E-state index in [0.717, 1.165) is 24.6 Å². The molecule has 7 heteroatoms. The molecule has 0 saturated carbocycles. The van der Waals surface area contributed by atoms with Crippen molar-refractivity contribution in [2.45, 2.75) is 19.9 Å². The zero-order chi connectivity index (χ0) is 18.1. The Bertz CT molecular complexity index is 1030. The molecule has 0 spiro atoms. The molecule has 3 heterocycles. The molecule has 0 atom stereocenters. The Morgan fingerprint density at radius 2 is 2.23 bits per heavy atom. The van der Waals surface area contributed by atoms with Crippen molar-refractivity contribution in [3.8, 4) is 5.75 Å². The molecule has 0 radical (unpaired) electrons. The average molecular weight is 351 g/mol. The van der Waals surface area contributed by atoms with Crippen molar-refractivity contribution in [1.82, 2.24) is 14.7 Å². The van der Waals surface area contributed by atoms with Crippen molar-refractivity contribution in [2.24, 2.45) is 0 Å². The highest BCUT2D eigenvalue weighted by atomic mass is 16.5. The summed E-state index contributed by atoms with van der Waals surface area (Å²) < 4.78 is 6.90. The van der Waals surface area contributed by atoms with Gasteiger partial charge in [-0.15, -0.1) is 0 Å². The highest BCUT2D eigenvalue weighted by molar-refractivity contribution is 5.68. The van der Waals surface area contributed by atoms with Crippen LogP contribution in [0.5, 0.6) is 5.75 Å². The van der Waals surface area contributed by atoms with Gasteiger partial charge >= 0.3 is 0 Å². The topological polar surface area (TPSA) is 79.7 Å². The Labute approximate surface area is 151 Å². The molecule has 0 unspecified atom stereocenters. The summed E-state index contributed by atoms with van der Waals surface area (Å²) >= 11 is 0. The van der Waals surface area contributed by atoms with Gasteiger partial charge in [0.15, 0.2) is 11.4 Å². The van der Waals surface area contributed by atoms with Gasteiger partial charge in [0.25, 0.3) is 5.56 Å². The number of nitrogens with one attached hydrogen (secondary N) is 3. The minimum absolute atomic E-state index is 0.0832. The van der Waals surface area contributed by atoms with E-state index in [1.54, 1.807) is 25.4 Å². The molecular weight excluding hydrogens is 330 g/mol. The highest BCUT2D eigenvalue weighted by Gasteiger charge is 2.15. The molecule has 0 amide bonds. The first-order valence-electron chi connectivity index (χ1n) is 8.64. The molecule has 3 aromatic rings. The molecule has 1 aliphatic rings. The Morgan fingerprint density at radius 3 is 3.04 bits per heavy atom.